The Balaban J connectivity index is 1.97. The van der Waals surface area contributed by atoms with E-state index in [1.54, 1.807) is 56.8 Å². The van der Waals surface area contributed by atoms with Crippen LogP contribution in [0.5, 0.6) is 23.0 Å². The molecule has 1 N–H and O–H groups in total. The van der Waals surface area contributed by atoms with Crippen LogP contribution in [0.1, 0.15) is 6.42 Å². The van der Waals surface area contributed by atoms with Gasteiger partial charge in [-0.05, 0) is 30.7 Å². The molecule has 1 heterocycles. The fourth-order valence-corrected chi connectivity index (χ4v) is 2.60. The summed E-state index contributed by atoms with van der Waals surface area (Å²) in [6, 6.07) is 9.95. The van der Waals surface area contributed by atoms with Crippen molar-refractivity contribution < 1.29 is 18.6 Å². The van der Waals surface area contributed by atoms with Crippen molar-refractivity contribution in [3.8, 4) is 23.0 Å². The maximum absolute atomic E-state index is 14.3. The van der Waals surface area contributed by atoms with Gasteiger partial charge in [-0.25, -0.2) is 4.39 Å². The van der Waals surface area contributed by atoms with Gasteiger partial charge in [0.05, 0.1) is 19.2 Å². The summed E-state index contributed by atoms with van der Waals surface area (Å²) in [6.07, 6.45) is 4.11. The lowest BCUT2D eigenvalue weighted by atomic mass is 10.1. The van der Waals surface area contributed by atoms with E-state index in [4.69, 9.17) is 14.2 Å². The van der Waals surface area contributed by atoms with Crippen molar-refractivity contribution in [3.63, 3.8) is 0 Å². The molecule has 3 rings (SSSR count). The highest BCUT2D eigenvalue weighted by Crippen LogP contribution is 2.37. The summed E-state index contributed by atoms with van der Waals surface area (Å²) in [4.78, 5) is 4.36. The van der Waals surface area contributed by atoms with Crippen LogP contribution in [0.25, 0.3) is 10.9 Å². The first-order valence-corrected chi connectivity index (χ1v) is 8.52. The Morgan fingerprint density at radius 2 is 1.96 bits per heavy atom. The molecule has 0 amide bonds. The third-order valence-electron chi connectivity index (χ3n) is 4.01. The molecule has 0 spiro atoms. The van der Waals surface area contributed by atoms with E-state index >= 15 is 0 Å². The molecule has 0 aliphatic carbocycles. The Morgan fingerprint density at radius 3 is 2.67 bits per heavy atom. The Morgan fingerprint density at radius 1 is 1.11 bits per heavy atom. The smallest absolute Gasteiger partial charge is 0.167 e. The predicted molar refractivity (Wildman–Crippen MR) is 105 cm³/mol. The van der Waals surface area contributed by atoms with Crippen molar-refractivity contribution >= 4 is 16.6 Å². The van der Waals surface area contributed by atoms with Crippen molar-refractivity contribution in [3.05, 3.63) is 61.1 Å². The number of methoxy groups -OCH3 is 1. The summed E-state index contributed by atoms with van der Waals surface area (Å²) < 4.78 is 31.2. The highest BCUT2D eigenvalue weighted by atomic mass is 19.1. The number of nitrogens with zero attached hydrogens (tertiary/aromatic N) is 1. The van der Waals surface area contributed by atoms with Gasteiger partial charge in [0.2, 0.25) is 0 Å². The standard InChI is InChI=1S/C21H21FN2O3/c1-4-5-10-26-21-13-17-15(12-20(21)25-3)18(8-9-24-17)27-19-7-6-14(23-2)11-16(19)22/h4,6-9,11-13,23H,1,5,10H2,2-3H3. The quantitative estimate of drug-likeness (QED) is 0.439. The minimum atomic E-state index is -0.455. The second kappa shape index (κ2) is 8.40. The van der Waals surface area contributed by atoms with Gasteiger partial charge in [-0.3, -0.25) is 4.98 Å². The molecule has 0 aliphatic rings. The summed E-state index contributed by atoms with van der Waals surface area (Å²) >= 11 is 0. The zero-order valence-corrected chi connectivity index (χ0v) is 15.3. The molecule has 6 heteroatoms. The largest absolute Gasteiger partial charge is 0.493 e. The average molecular weight is 368 g/mol. The molecule has 1 aromatic heterocycles. The number of ether oxygens (including phenoxy) is 3. The molecule has 5 nitrogen and oxygen atoms in total. The molecule has 0 saturated heterocycles. The molecule has 0 saturated carbocycles. The van der Waals surface area contributed by atoms with E-state index in [2.05, 4.69) is 16.9 Å². The van der Waals surface area contributed by atoms with Crippen molar-refractivity contribution in [1.82, 2.24) is 4.98 Å². The minimum absolute atomic E-state index is 0.131. The van der Waals surface area contributed by atoms with Gasteiger partial charge in [-0.2, -0.15) is 0 Å². The van der Waals surface area contributed by atoms with Gasteiger partial charge in [0.25, 0.3) is 0 Å². The number of halogens is 1. The summed E-state index contributed by atoms with van der Waals surface area (Å²) in [5.41, 5.74) is 1.33. The van der Waals surface area contributed by atoms with E-state index in [0.29, 0.717) is 40.4 Å². The van der Waals surface area contributed by atoms with Crippen LogP contribution in [0.4, 0.5) is 10.1 Å². The summed E-state index contributed by atoms with van der Waals surface area (Å²) in [6.45, 7) is 4.17. The lowest BCUT2D eigenvalue weighted by Crippen LogP contribution is -1.99. The van der Waals surface area contributed by atoms with Crippen molar-refractivity contribution in [2.75, 3.05) is 26.1 Å². The molecule has 0 unspecified atom stereocenters. The van der Waals surface area contributed by atoms with Crippen molar-refractivity contribution in [2.45, 2.75) is 6.42 Å². The van der Waals surface area contributed by atoms with E-state index < -0.39 is 5.82 Å². The monoisotopic (exact) mass is 368 g/mol. The first-order valence-electron chi connectivity index (χ1n) is 8.52. The predicted octanol–water partition coefficient (Wildman–Crippen LogP) is 5.17. The highest BCUT2D eigenvalue weighted by molar-refractivity contribution is 5.88. The van der Waals surface area contributed by atoms with Gasteiger partial charge >= 0.3 is 0 Å². The van der Waals surface area contributed by atoms with E-state index in [9.17, 15) is 4.39 Å². The van der Waals surface area contributed by atoms with Crippen LogP contribution in [-0.4, -0.2) is 25.7 Å². The maximum atomic E-state index is 14.3. The van der Waals surface area contributed by atoms with Gasteiger partial charge in [0.1, 0.15) is 5.75 Å². The lowest BCUT2D eigenvalue weighted by molar-refractivity contribution is 0.300. The number of hydrogen-bond acceptors (Lipinski definition) is 5. The average Bonchev–Trinajstić information content (AvgIpc) is 2.69. The SMILES string of the molecule is C=CCCOc1cc2nccc(Oc3ccc(NC)cc3F)c2cc1OC. The number of hydrogen-bond donors (Lipinski definition) is 1. The minimum Gasteiger partial charge on any atom is -0.493 e. The van der Waals surface area contributed by atoms with Crippen LogP contribution >= 0.6 is 0 Å². The van der Waals surface area contributed by atoms with Crippen molar-refractivity contribution in [1.29, 1.82) is 0 Å². The summed E-state index contributed by atoms with van der Waals surface area (Å²) in [7, 11) is 3.29. The van der Waals surface area contributed by atoms with Crippen LogP contribution in [0.3, 0.4) is 0 Å². The number of nitrogens with one attached hydrogen (secondary N) is 1. The second-order valence-electron chi connectivity index (χ2n) is 5.75. The van der Waals surface area contributed by atoms with Crippen LogP contribution < -0.4 is 19.5 Å². The second-order valence-corrected chi connectivity index (χ2v) is 5.75. The first kappa shape index (κ1) is 18.5. The number of fused-ring (bicyclic) bond motifs is 1. The molecule has 0 bridgehead atoms. The molecule has 0 fully saturated rings. The third-order valence-corrected chi connectivity index (χ3v) is 4.01. The third kappa shape index (κ3) is 4.11. The fourth-order valence-electron chi connectivity index (χ4n) is 2.60. The number of anilines is 1. The molecule has 140 valence electrons. The number of benzene rings is 2. The van der Waals surface area contributed by atoms with Crippen LogP contribution in [-0.2, 0) is 0 Å². The molecule has 3 aromatic rings. The van der Waals surface area contributed by atoms with Gasteiger partial charge in [-0.1, -0.05) is 6.08 Å². The molecule has 0 atom stereocenters. The highest BCUT2D eigenvalue weighted by Gasteiger charge is 2.13. The zero-order chi connectivity index (χ0) is 19.2. The van der Waals surface area contributed by atoms with Gasteiger partial charge in [0, 0.05) is 36.5 Å². The van der Waals surface area contributed by atoms with Gasteiger partial charge in [-0.15, -0.1) is 6.58 Å². The van der Waals surface area contributed by atoms with E-state index in [1.807, 2.05) is 0 Å². The Hall–Kier alpha value is -3.28. The first-order chi connectivity index (χ1) is 13.2. The van der Waals surface area contributed by atoms with Crippen LogP contribution in [0, 0.1) is 5.82 Å². The van der Waals surface area contributed by atoms with Gasteiger partial charge < -0.3 is 19.5 Å². The molecular formula is C21H21FN2O3. The Kier molecular flexibility index (Phi) is 5.76. The summed E-state index contributed by atoms with van der Waals surface area (Å²) in [5.74, 6) is 1.29. The molecule has 0 aliphatic heterocycles. The maximum Gasteiger partial charge on any atom is 0.167 e. The molecular weight excluding hydrogens is 347 g/mol. The number of aromatic nitrogens is 1. The number of rotatable bonds is 8. The normalized spacial score (nSPS) is 10.5. The van der Waals surface area contributed by atoms with Crippen LogP contribution in [0.2, 0.25) is 0 Å². The van der Waals surface area contributed by atoms with E-state index in [0.717, 1.165) is 6.42 Å². The zero-order valence-electron chi connectivity index (χ0n) is 15.3. The topological polar surface area (TPSA) is 52.6 Å². The molecule has 2 aromatic carbocycles. The van der Waals surface area contributed by atoms with Crippen LogP contribution in [0.15, 0.2) is 55.3 Å². The molecule has 0 radical (unpaired) electrons. The van der Waals surface area contributed by atoms with Gasteiger partial charge in [0.15, 0.2) is 23.1 Å². The van der Waals surface area contributed by atoms with E-state index in [1.165, 1.54) is 6.07 Å². The van der Waals surface area contributed by atoms with Crippen molar-refractivity contribution in [2.24, 2.45) is 0 Å². The number of pyridine rings is 1. The fraction of sp³-hybridized carbons (Fsp3) is 0.190. The lowest BCUT2D eigenvalue weighted by Gasteiger charge is -2.14. The Bertz CT molecular complexity index is 960. The Labute approximate surface area is 157 Å². The summed E-state index contributed by atoms with van der Waals surface area (Å²) in [5, 5.41) is 3.59. The van der Waals surface area contributed by atoms with E-state index in [-0.39, 0.29) is 5.75 Å². The molecule has 27 heavy (non-hydrogen) atoms.